The standard InChI is InChI=1S/C24H29N2.ClHO4/c1-5-6-15-26-22(20-13-10-14-25-18-20)16-21(17-23(26)24(2,3)4)19-11-8-7-9-12-19;2-1(3,4)5/h7-14,16-18H,5-6,15H2,1-4H3;(H,2,3,4,5)/q+1;/p-1. The van der Waals surface area contributed by atoms with E-state index in [1.165, 1.54) is 40.9 Å². The van der Waals surface area contributed by atoms with E-state index in [1.54, 1.807) is 0 Å². The van der Waals surface area contributed by atoms with Gasteiger partial charge in [-0.3, -0.25) is 4.98 Å². The van der Waals surface area contributed by atoms with Gasteiger partial charge in [0.05, 0.1) is 5.56 Å². The summed E-state index contributed by atoms with van der Waals surface area (Å²) in [6, 6.07) is 19.5. The Morgan fingerprint density at radius 3 is 2.00 bits per heavy atom. The smallest absolute Gasteiger partial charge is 0.214 e. The molecule has 0 N–H and O–H groups in total. The molecular weight excluding hydrogens is 416 g/mol. The molecule has 6 nitrogen and oxygen atoms in total. The van der Waals surface area contributed by atoms with E-state index < -0.39 is 10.2 Å². The highest BCUT2D eigenvalue weighted by Gasteiger charge is 2.29. The van der Waals surface area contributed by atoms with E-state index in [0.29, 0.717) is 0 Å². The third-order valence-electron chi connectivity index (χ3n) is 4.73. The molecule has 0 spiro atoms. The lowest BCUT2D eigenvalue weighted by atomic mass is 9.88. The van der Waals surface area contributed by atoms with Crippen LogP contribution in [-0.4, -0.2) is 4.98 Å². The van der Waals surface area contributed by atoms with Crippen LogP contribution in [0.25, 0.3) is 22.4 Å². The van der Waals surface area contributed by atoms with E-state index in [-0.39, 0.29) is 5.41 Å². The van der Waals surface area contributed by atoms with E-state index in [4.69, 9.17) is 18.6 Å². The lowest BCUT2D eigenvalue weighted by molar-refractivity contribution is -2.00. The molecule has 2 aromatic heterocycles. The molecule has 31 heavy (non-hydrogen) atoms. The molecule has 0 saturated carbocycles. The van der Waals surface area contributed by atoms with E-state index in [9.17, 15) is 0 Å². The molecule has 0 amide bonds. The summed E-state index contributed by atoms with van der Waals surface area (Å²) < 4.78 is 36.5. The fourth-order valence-corrected chi connectivity index (χ4v) is 3.35. The zero-order valence-corrected chi connectivity index (χ0v) is 19.1. The number of aromatic nitrogens is 2. The van der Waals surface area contributed by atoms with Crippen LogP contribution in [0.2, 0.25) is 0 Å². The maximum Gasteiger partial charge on any atom is 0.214 e. The lowest BCUT2D eigenvalue weighted by Crippen LogP contribution is -2.68. The average Bonchev–Trinajstić information content (AvgIpc) is 2.71. The number of benzene rings is 1. The highest BCUT2D eigenvalue weighted by atomic mass is 35.7. The molecule has 0 saturated heterocycles. The number of halogens is 1. The van der Waals surface area contributed by atoms with Crippen LogP contribution in [0.3, 0.4) is 0 Å². The van der Waals surface area contributed by atoms with Crippen LogP contribution in [0.4, 0.5) is 0 Å². The van der Waals surface area contributed by atoms with Crippen molar-refractivity contribution in [3.05, 3.63) is 72.7 Å². The molecule has 7 heteroatoms. The Kier molecular flexibility index (Phi) is 8.68. The number of hydrogen-bond acceptors (Lipinski definition) is 5. The van der Waals surface area contributed by atoms with Gasteiger partial charge in [-0.05, 0) is 23.3 Å². The Labute approximate surface area is 186 Å². The van der Waals surface area contributed by atoms with Gasteiger partial charge in [0.2, 0.25) is 5.69 Å². The highest BCUT2D eigenvalue weighted by Crippen LogP contribution is 2.29. The van der Waals surface area contributed by atoms with Crippen molar-refractivity contribution in [1.82, 2.24) is 4.98 Å². The van der Waals surface area contributed by atoms with E-state index >= 15 is 0 Å². The summed E-state index contributed by atoms with van der Waals surface area (Å²) in [5, 5.41) is 0. The van der Waals surface area contributed by atoms with Crippen molar-refractivity contribution < 1.29 is 33.4 Å². The number of nitrogens with zero attached hydrogens (tertiary/aromatic N) is 2. The van der Waals surface area contributed by atoms with Crippen LogP contribution < -0.4 is 23.2 Å². The number of unbranched alkanes of at least 4 members (excludes halogenated alkanes) is 1. The van der Waals surface area contributed by atoms with Crippen LogP contribution in [0, 0.1) is 10.2 Å². The first kappa shape index (κ1) is 24.9. The molecule has 0 unspecified atom stereocenters. The van der Waals surface area contributed by atoms with Gasteiger partial charge in [-0.25, -0.2) is 18.6 Å². The van der Waals surface area contributed by atoms with Crippen molar-refractivity contribution in [2.24, 2.45) is 0 Å². The summed E-state index contributed by atoms with van der Waals surface area (Å²) in [6.45, 7) is 10.2. The third kappa shape index (κ3) is 8.01. The molecule has 2 heterocycles. The Bertz CT molecular complexity index is 947. The number of hydrogen-bond donors (Lipinski definition) is 0. The van der Waals surface area contributed by atoms with Crippen LogP contribution in [0.1, 0.15) is 46.2 Å². The van der Waals surface area contributed by atoms with E-state index in [2.05, 4.69) is 85.8 Å². The van der Waals surface area contributed by atoms with Crippen molar-refractivity contribution in [2.75, 3.05) is 0 Å². The van der Waals surface area contributed by atoms with Gasteiger partial charge in [-0.1, -0.05) is 64.4 Å². The van der Waals surface area contributed by atoms with Crippen LogP contribution in [0.15, 0.2) is 67.0 Å². The topological polar surface area (TPSA) is 109 Å². The maximum absolute atomic E-state index is 8.49. The van der Waals surface area contributed by atoms with Gasteiger partial charge in [0.15, 0.2) is 5.69 Å². The molecule has 0 aliphatic carbocycles. The second kappa shape index (κ2) is 10.8. The van der Waals surface area contributed by atoms with Gasteiger partial charge in [-0.2, -0.15) is 4.57 Å². The van der Waals surface area contributed by atoms with Gasteiger partial charge in [0.1, 0.15) is 6.54 Å². The second-order valence-electron chi connectivity index (χ2n) is 8.26. The molecule has 0 aliphatic heterocycles. The fourth-order valence-electron chi connectivity index (χ4n) is 3.35. The Balaban J connectivity index is 0.000000614. The lowest BCUT2D eigenvalue weighted by Gasteiger charge is -2.20. The van der Waals surface area contributed by atoms with Crippen LogP contribution >= 0.6 is 0 Å². The molecule has 0 bridgehead atoms. The van der Waals surface area contributed by atoms with E-state index in [1.807, 2.05) is 18.5 Å². The molecule has 0 radical (unpaired) electrons. The molecular formula is C24H29ClN2O4. The zero-order chi connectivity index (χ0) is 23.1. The zero-order valence-electron chi connectivity index (χ0n) is 18.4. The summed E-state index contributed by atoms with van der Waals surface area (Å²) in [6.07, 6.45) is 6.17. The number of rotatable bonds is 5. The SMILES string of the molecule is CCCC[n+]1c(-c2cccnc2)cc(-c2ccccc2)cc1C(C)(C)C.[O-][Cl+3]([O-])([O-])[O-]. The van der Waals surface area contributed by atoms with Crippen molar-refractivity contribution in [1.29, 1.82) is 0 Å². The molecule has 0 atom stereocenters. The van der Waals surface area contributed by atoms with E-state index in [0.717, 1.165) is 6.54 Å². The molecule has 166 valence electrons. The number of pyridine rings is 2. The maximum atomic E-state index is 8.49. The first-order valence-electron chi connectivity index (χ1n) is 10.2. The van der Waals surface area contributed by atoms with Gasteiger partial charge < -0.3 is 0 Å². The Morgan fingerprint density at radius 2 is 1.48 bits per heavy atom. The normalized spacial score (nSPS) is 11.6. The predicted octanol–water partition coefficient (Wildman–Crippen LogP) is 1.04. The predicted molar refractivity (Wildman–Crippen MR) is 109 cm³/mol. The largest absolute Gasteiger partial charge is 0.264 e. The van der Waals surface area contributed by atoms with Crippen molar-refractivity contribution in [2.45, 2.75) is 52.5 Å². The monoisotopic (exact) mass is 444 g/mol. The summed E-state index contributed by atoms with van der Waals surface area (Å²) in [4.78, 5) is 4.36. The average molecular weight is 445 g/mol. The first-order chi connectivity index (χ1) is 14.5. The summed E-state index contributed by atoms with van der Waals surface area (Å²) in [7, 11) is -4.94. The minimum absolute atomic E-state index is 0.0650. The van der Waals surface area contributed by atoms with Crippen molar-refractivity contribution >= 4 is 0 Å². The second-order valence-corrected chi connectivity index (χ2v) is 9.01. The summed E-state index contributed by atoms with van der Waals surface area (Å²) in [5.74, 6) is 0. The summed E-state index contributed by atoms with van der Waals surface area (Å²) >= 11 is 0. The Hall–Kier alpha value is -2.35. The van der Waals surface area contributed by atoms with Gasteiger partial charge >= 0.3 is 0 Å². The Morgan fingerprint density at radius 1 is 0.871 bits per heavy atom. The van der Waals surface area contributed by atoms with Gasteiger partial charge in [0, 0.05) is 36.4 Å². The van der Waals surface area contributed by atoms with Gasteiger partial charge in [0.25, 0.3) is 0 Å². The van der Waals surface area contributed by atoms with Gasteiger partial charge in [-0.15, -0.1) is 10.2 Å². The quantitative estimate of drug-likeness (QED) is 0.546. The van der Waals surface area contributed by atoms with Crippen molar-refractivity contribution in [3.8, 4) is 22.4 Å². The molecule has 3 aromatic rings. The first-order valence-corrected chi connectivity index (χ1v) is 11.4. The molecule has 0 aliphatic rings. The minimum atomic E-state index is -4.94. The molecule has 1 aromatic carbocycles. The highest BCUT2D eigenvalue weighted by molar-refractivity contribution is 5.69. The van der Waals surface area contributed by atoms with Crippen molar-refractivity contribution in [3.63, 3.8) is 0 Å². The third-order valence-corrected chi connectivity index (χ3v) is 4.73. The van der Waals surface area contributed by atoms with Crippen LogP contribution in [0.5, 0.6) is 0 Å². The van der Waals surface area contributed by atoms with Crippen LogP contribution in [-0.2, 0) is 12.0 Å². The molecule has 3 rings (SSSR count). The fraction of sp³-hybridized carbons (Fsp3) is 0.333. The minimum Gasteiger partial charge on any atom is -0.264 e. The molecule has 0 fully saturated rings. The summed E-state index contributed by atoms with van der Waals surface area (Å²) in [5.41, 5.74) is 6.37.